The molecule has 0 bridgehead atoms. The number of allylic oxidation sites excluding steroid dienone is 1. The van der Waals surface area contributed by atoms with Gasteiger partial charge in [-0.3, -0.25) is 4.79 Å². The summed E-state index contributed by atoms with van der Waals surface area (Å²) in [6.07, 6.45) is 4.01. The lowest BCUT2D eigenvalue weighted by atomic mass is 9.98. The predicted molar refractivity (Wildman–Crippen MR) is 140 cm³/mol. The number of aliphatic hydroxyl groups excluding tert-OH is 1. The highest BCUT2D eigenvalue weighted by atomic mass is 16.5. The molecule has 0 radical (unpaired) electrons. The molecule has 0 saturated heterocycles. The lowest BCUT2D eigenvalue weighted by Gasteiger charge is -2.24. The second-order valence-corrected chi connectivity index (χ2v) is 8.95. The summed E-state index contributed by atoms with van der Waals surface area (Å²) in [4.78, 5) is 22.0. The molecule has 1 amide bonds. The number of aliphatic hydroxyl groups is 1. The summed E-state index contributed by atoms with van der Waals surface area (Å²) in [6.45, 7) is 12.4. The third-order valence-electron chi connectivity index (χ3n) is 5.34. The smallest absolute Gasteiger partial charge is 0.407 e. The number of nitrogens with one attached hydrogen (secondary N) is 1. The van der Waals surface area contributed by atoms with Crippen LogP contribution in [0.4, 0.5) is 4.79 Å². The number of hydrogen-bond donors (Lipinski definition) is 3. The Morgan fingerprint density at radius 1 is 1.23 bits per heavy atom. The molecule has 1 aromatic carbocycles. The van der Waals surface area contributed by atoms with Gasteiger partial charge in [0.15, 0.2) is 0 Å². The molecule has 198 valence electrons. The van der Waals surface area contributed by atoms with Crippen LogP contribution in [-0.4, -0.2) is 60.9 Å². The minimum atomic E-state index is -0.639. The Hall–Kier alpha value is -2.78. The zero-order valence-electron chi connectivity index (χ0n) is 22.1. The largest absolute Gasteiger partial charge is 0.448 e. The number of carbonyl (C=O) groups is 2. The lowest BCUT2D eigenvalue weighted by Crippen LogP contribution is -2.39. The number of hydrogen-bond acceptors (Lipinski definition) is 7. The van der Waals surface area contributed by atoms with Crippen LogP contribution in [0, 0.1) is 5.92 Å². The van der Waals surface area contributed by atoms with E-state index in [4.69, 9.17) is 15.6 Å². The summed E-state index contributed by atoms with van der Waals surface area (Å²) >= 11 is 0. The minimum Gasteiger partial charge on any atom is -0.448 e. The number of carbonyl (C=O) groups excluding carboxylic acids is 2. The Morgan fingerprint density at radius 2 is 1.86 bits per heavy atom. The van der Waals surface area contributed by atoms with Gasteiger partial charge in [0.1, 0.15) is 12.4 Å². The molecule has 0 spiro atoms. The monoisotopic (exact) mass is 491 g/mol. The number of nitrogens with two attached hydrogens (primary N) is 1. The molecule has 0 saturated carbocycles. The molecular weight excluding hydrogens is 446 g/mol. The van der Waals surface area contributed by atoms with Crippen molar-refractivity contribution in [2.75, 3.05) is 33.4 Å². The van der Waals surface area contributed by atoms with E-state index in [1.807, 2.05) is 6.07 Å². The third-order valence-corrected chi connectivity index (χ3v) is 5.34. The fourth-order valence-corrected chi connectivity index (χ4v) is 2.73. The molecule has 0 aliphatic rings. The molecule has 35 heavy (non-hydrogen) atoms. The molecule has 9 nitrogen and oxygen atoms in total. The van der Waals surface area contributed by atoms with Gasteiger partial charge in [-0.05, 0) is 64.4 Å². The van der Waals surface area contributed by atoms with Crippen molar-refractivity contribution in [1.82, 2.24) is 10.3 Å². The van der Waals surface area contributed by atoms with Gasteiger partial charge in [0.25, 0.3) is 0 Å². The molecule has 4 N–H and O–H groups in total. The maximum atomic E-state index is 11.6. The van der Waals surface area contributed by atoms with E-state index in [9.17, 15) is 9.59 Å². The first-order chi connectivity index (χ1) is 16.5. The second kappa shape index (κ2) is 18.5. The van der Waals surface area contributed by atoms with Gasteiger partial charge in [0.05, 0.1) is 19.1 Å². The summed E-state index contributed by atoms with van der Waals surface area (Å²) < 4.78 is 5.17. The minimum absolute atomic E-state index is 0.0208. The number of rotatable bonds is 15. The standard InChI is InChI=1S/C21H34N4O3.C5H11NO/c1-18(10-9-13-20-11-5-4-6-12-20)19(2)25(24-22-3)15-17-28-21(27)23-14-7-8-16-26;1-4(7)5(2,3)6/h4-6,11-12,18,26H,2,7-10,13-17H2,1,3H3,(H,23,27);6H2,1-3H3. The number of unbranched alkanes of at least 4 members (excludes halogenated alkanes) is 1. The van der Waals surface area contributed by atoms with Gasteiger partial charge in [-0.1, -0.05) is 49.1 Å². The lowest BCUT2D eigenvalue weighted by molar-refractivity contribution is -0.120. The van der Waals surface area contributed by atoms with Crippen LogP contribution in [0.3, 0.4) is 0 Å². The number of Topliss-reactive ketones (excluding diaryl/α,β-unsaturated/α-hetero) is 1. The van der Waals surface area contributed by atoms with E-state index in [1.54, 1.807) is 25.9 Å². The molecule has 1 rings (SSSR count). The highest BCUT2D eigenvalue weighted by molar-refractivity contribution is 5.84. The summed E-state index contributed by atoms with van der Waals surface area (Å²) in [5.41, 5.74) is 6.89. The fraction of sp³-hybridized carbons (Fsp3) is 0.615. The quantitative estimate of drug-likeness (QED) is 0.191. The second-order valence-electron chi connectivity index (χ2n) is 8.95. The van der Waals surface area contributed by atoms with Crippen LogP contribution in [-0.2, 0) is 16.0 Å². The maximum Gasteiger partial charge on any atom is 0.407 e. The van der Waals surface area contributed by atoms with Crippen LogP contribution in [0.5, 0.6) is 0 Å². The molecular formula is C26H45N5O4. The van der Waals surface area contributed by atoms with Crippen LogP contribution in [0.25, 0.3) is 0 Å². The van der Waals surface area contributed by atoms with Crippen LogP contribution in [0.1, 0.15) is 58.9 Å². The molecule has 0 fully saturated rings. The SMILES string of the molecule is C=C(C(C)CCCc1ccccc1)N(CCOC(=O)NCCCCO)N=NC.CC(=O)C(C)(C)N. The number of aryl methyl sites for hydroxylation is 1. The third kappa shape index (κ3) is 16.5. The average molecular weight is 492 g/mol. The van der Waals surface area contributed by atoms with Crippen LogP contribution in [0.15, 0.2) is 52.9 Å². The van der Waals surface area contributed by atoms with Gasteiger partial charge in [0.2, 0.25) is 0 Å². The van der Waals surface area contributed by atoms with E-state index in [2.05, 4.69) is 53.4 Å². The summed E-state index contributed by atoms with van der Waals surface area (Å²) in [6, 6.07) is 10.4. The Morgan fingerprint density at radius 3 is 2.40 bits per heavy atom. The fourth-order valence-electron chi connectivity index (χ4n) is 2.73. The number of benzene rings is 1. The van der Waals surface area contributed by atoms with Gasteiger partial charge in [-0.25, -0.2) is 9.80 Å². The van der Waals surface area contributed by atoms with Crippen molar-refractivity contribution >= 4 is 11.9 Å². The first-order valence-electron chi connectivity index (χ1n) is 12.1. The van der Waals surface area contributed by atoms with Crippen LogP contribution in [0.2, 0.25) is 0 Å². The summed E-state index contributed by atoms with van der Waals surface area (Å²) in [5.74, 6) is 0.272. The molecule has 9 heteroatoms. The van der Waals surface area contributed by atoms with Crippen molar-refractivity contribution in [3.8, 4) is 0 Å². The number of ether oxygens (including phenoxy) is 1. The topological polar surface area (TPSA) is 130 Å². The highest BCUT2D eigenvalue weighted by Crippen LogP contribution is 2.20. The first-order valence-corrected chi connectivity index (χ1v) is 12.1. The van der Waals surface area contributed by atoms with Crippen LogP contribution < -0.4 is 11.1 Å². The maximum absolute atomic E-state index is 11.6. The van der Waals surface area contributed by atoms with E-state index >= 15 is 0 Å². The van der Waals surface area contributed by atoms with Gasteiger partial charge < -0.3 is 20.9 Å². The molecule has 0 aliphatic heterocycles. The first kappa shape index (κ1) is 32.2. The summed E-state index contributed by atoms with van der Waals surface area (Å²) in [5, 5.41) is 21.0. The molecule has 1 atom stereocenters. The van der Waals surface area contributed by atoms with Gasteiger partial charge >= 0.3 is 6.09 Å². The molecule has 0 heterocycles. The van der Waals surface area contributed by atoms with Crippen molar-refractivity contribution in [1.29, 1.82) is 0 Å². The van der Waals surface area contributed by atoms with Crippen molar-refractivity contribution in [2.45, 2.75) is 65.3 Å². The number of nitrogens with zero attached hydrogens (tertiary/aromatic N) is 3. The normalized spacial score (nSPS) is 11.9. The van der Waals surface area contributed by atoms with Gasteiger partial charge in [-0.2, -0.15) is 5.11 Å². The average Bonchev–Trinajstić information content (AvgIpc) is 2.81. The van der Waals surface area contributed by atoms with Crippen molar-refractivity contribution in [3.05, 3.63) is 48.2 Å². The van der Waals surface area contributed by atoms with Crippen molar-refractivity contribution < 1.29 is 19.4 Å². The van der Waals surface area contributed by atoms with E-state index < -0.39 is 11.6 Å². The Labute approximate surface area is 210 Å². The molecule has 0 aliphatic carbocycles. The zero-order chi connectivity index (χ0) is 26.7. The molecule has 0 aromatic heterocycles. The molecule has 1 unspecified atom stereocenters. The van der Waals surface area contributed by atoms with Crippen LogP contribution >= 0.6 is 0 Å². The molecule has 1 aromatic rings. The van der Waals surface area contributed by atoms with Crippen molar-refractivity contribution in [2.24, 2.45) is 22.0 Å². The number of alkyl carbamates (subject to hydrolysis) is 1. The Balaban J connectivity index is 0.00000143. The van der Waals surface area contributed by atoms with Gasteiger partial charge in [0, 0.05) is 18.8 Å². The highest BCUT2D eigenvalue weighted by Gasteiger charge is 2.16. The zero-order valence-corrected chi connectivity index (χ0v) is 22.1. The Bertz CT molecular complexity index is 763. The number of amides is 1. The summed E-state index contributed by atoms with van der Waals surface area (Å²) in [7, 11) is 1.61. The number of ketones is 1. The van der Waals surface area contributed by atoms with E-state index in [-0.39, 0.29) is 24.9 Å². The predicted octanol–water partition coefficient (Wildman–Crippen LogP) is 4.27. The van der Waals surface area contributed by atoms with Crippen molar-refractivity contribution in [3.63, 3.8) is 0 Å². The van der Waals surface area contributed by atoms with Gasteiger partial charge in [-0.15, -0.1) is 0 Å². The van der Waals surface area contributed by atoms with E-state index in [0.29, 0.717) is 19.5 Å². The van der Waals surface area contributed by atoms with E-state index in [1.165, 1.54) is 12.5 Å². The Kier molecular flexibility index (Phi) is 17.1. The van der Waals surface area contributed by atoms with E-state index in [0.717, 1.165) is 31.4 Å².